The van der Waals surface area contributed by atoms with Crippen LogP contribution in [0.15, 0.2) is 0 Å². The standard InChI is InChI=1S/C11H16BrN3OS/c1-2-3-9-10(17-14-13-9)11(16)15(7-6-12)8-4-5-8/h8H,2-7H2,1H3. The number of rotatable bonds is 6. The lowest BCUT2D eigenvalue weighted by Crippen LogP contribution is -2.34. The van der Waals surface area contributed by atoms with Crippen molar-refractivity contribution in [3.8, 4) is 0 Å². The highest BCUT2D eigenvalue weighted by atomic mass is 79.9. The van der Waals surface area contributed by atoms with Gasteiger partial charge in [0.15, 0.2) is 0 Å². The Labute approximate surface area is 114 Å². The molecule has 0 radical (unpaired) electrons. The van der Waals surface area contributed by atoms with E-state index in [4.69, 9.17) is 0 Å². The van der Waals surface area contributed by atoms with Crippen LogP contribution in [0.1, 0.15) is 41.6 Å². The zero-order valence-corrected chi connectivity index (χ0v) is 12.3. The van der Waals surface area contributed by atoms with E-state index in [1.165, 1.54) is 11.5 Å². The van der Waals surface area contributed by atoms with E-state index >= 15 is 0 Å². The van der Waals surface area contributed by atoms with E-state index in [1.54, 1.807) is 0 Å². The van der Waals surface area contributed by atoms with Gasteiger partial charge in [-0.25, -0.2) is 0 Å². The van der Waals surface area contributed by atoms with E-state index in [0.717, 1.165) is 48.1 Å². The topological polar surface area (TPSA) is 46.1 Å². The Balaban J connectivity index is 2.13. The number of aryl methyl sites for hydroxylation is 1. The first-order valence-corrected chi connectivity index (χ1v) is 7.85. The highest BCUT2D eigenvalue weighted by Crippen LogP contribution is 2.29. The van der Waals surface area contributed by atoms with E-state index in [9.17, 15) is 4.79 Å². The molecule has 1 aromatic rings. The highest BCUT2D eigenvalue weighted by Gasteiger charge is 2.34. The number of carbonyl (C=O) groups excluding carboxylic acids is 1. The van der Waals surface area contributed by atoms with Crippen LogP contribution in [0, 0.1) is 0 Å². The average Bonchev–Trinajstić information content (AvgIpc) is 3.06. The zero-order chi connectivity index (χ0) is 12.3. The second-order valence-corrected chi connectivity index (χ2v) is 5.76. The number of hydrogen-bond donors (Lipinski definition) is 0. The second kappa shape index (κ2) is 5.91. The molecule has 4 nitrogen and oxygen atoms in total. The molecule has 1 amide bonds. The fourth-order valence-corrected chi connectivity index (χ4v) is 2.88. The minimum absolute atomic E-state index is 0.116. The summed E-state index contributed by atoms with van der Waals surface area (Å²) in [7, 11) is 0. The second-order valence-electron chi connectivity index (χ2n) is 4.22. The van der Waals surface area contributed by atoms with Crippen LogP contribution >= 0.6 is 27.5 Å². The Kier molecular flexibility index (Phi) is 4.50. The predicted molar refractivity (Wildman–Crippen MR) is 71.8 cm³/mol. The minimum atomic E-state index is 0.116. The molecule has 0 atom stereocenters. The molecular weight excluding hydrogens is 302 g/mol. The molecule has 1 aliphatic rings. The van der Waals surface area contributed by atoms with Gasteiger partial charge in [0.05, 0.1) is 5.69 Å². The van der Waals surface area contributed by atoms with Gasteiger partial charge < -0.3 is 4.90 Å². The summed E-state index contributed by atoms with van der Waals surface area (Å²) in [5.74, 6) is 0.116. The number of alkyl halides is 1. The lowest BCUT2D eigenvalue weighted by molar-refractivity contribution is 0.0758. The lowest BCUT2D eigenvalue weighted by Gasteiger charge is -2.20. The van der Waals surface area contributed by atoms with Crippen LogP contribution in [0.2, 0.25) is 0 Å². The van der Waals surface area contributed by atoms with Crippen LogP contribution in [0.25, 0.3) is 0 Å². The van der Waals surface area contributed by atoms with Crippen molar-refractivity contribution in [1.29, 1.82) is 0 Å². The van der Waals surface area contributed by atoms with Crippen molar-refractivity contribution in [3.05, 3.63) is 10.6 Å². The molecule has 17 heavy (non-hydrogen) atoms. The molecule has 1 aliphatic carbocycles. The van der Waals surface area contributed by atoms with Gasteiger partial charge in [-0.3, -0.25) is 4.79 Å². The number of aromatic nitrogens is 2. The van der Waals surface area contributed by atoms with Gasteiger partial charge >= 0.3 is 0 Å². The predicted octanol–water partition coefficient (Wildman–Crippen LogP) is 2.49. The molecule has 0 aliphatic heterocycles. The quantitative estimate of drug-likeness (QED) is 0.757. The van der Waals surface area contributed by atoms with Crippen LogP contribution in [0.5, 0.6) is 0 Å². The summed E-state index contributed by atoms with van der Waals surface area (Å²) in [4.78, 5) is 15.1. The molecule has 0 spiro atoms. The van der Waals surface area contributed by atoms with Gasteiger partial charge in [0.25, 0.3) is 5.91 Å². The lowest BCUT2D eigenvalue weighted by atomic mass is 10.2. The summed E-state index contributed by atoms with van der Waals surface area (Å²) >= 11 is 4.63. The third kappa shape index (κ3) is 3.04. The molecule has 0 bridgehead atoms. The minimum Gasteiger partial charge on any atom is -0.334 e. The summed E-state index contributed by atoms with van der Waals surface area (Å²) in [5.41, 5.74) is 0.864. The summed E-state index contributed by atoms with van der Waals surface area (Å²) in [6.07, 6.45) is 4.10. The summed E-state index contributed by atoms with van der Waals surface area (Å²) in [5, 5.41) is 4.88. The van der Waals surface area contributed by atoms with Crippen molar-refractivity contribution in [2.24, 2.45) is 0 Å². The van der Waals surface area contributed by atoms with Crippen molar-refractivity contribution in [1.82, 2.24) is 14.5 Å². The fraction of sp³-hybridized carbons (Fsp3) is 0.727. The van der Waals surface area contributed by atoms with E-state index in [-0.39, 0.29) is 5.91 Å². The van der Waals surface area contributed by atoms with Gasteiger partial charge in [-0.2, -0.15) is 0 Å². The van der Waals surface area contributed by atoms with Crippen molar-refractivity contribution < 1.29 is 4.79 Å². The van der Waals surface area contributed by atoms with E-state index in [2.05, 4.69) is 32.4 Å². The summed E-state index contributed by atoms with van der Waals surface area (Å²) < 4.78 is 3.92. The maximum absolute atomic E-state index is 12.4. The molecule has 6 heteroatoms. The third-order valence-electron chi connectivity index (χ3n) is 2.81. The van der Waals surface area contributed by atoms with Crippen molar-refractivity contribution in [2.75, 3.05) is 11.9 Å². The number of amides is 1. The summed E-state index contributed by atoms with van der Waals surface area (Å²) in [6.45, 7) is 2.86. The first-order valence-electron chi connectivity index (χ1n) is 5.96. The number of hydrogen-bond acceptors (Lipinski definition) is 4. The monoisotopic (exact) mass is 317 g/mol. The molecule has 1 heterocycles. The third-order valence-corrected chi connectivity index (χ3v) is 3.92. The average molecular weight is 318 g/mol. The highest BCUT2D eigenvalue weighted by molar-refractivity contribution is 9.09. The van der Waals surface area contributed by atoms with Gasteiger partial charge in [-0.15, -0.1) is 5.10 Å². The smallest absolute Gasteiger partial charge is 0.267 e. The normalized spacial score (nSPS) is 14.9. The maximum atomic E-state index is 12.4. The van der Waals surface area contributed by atoms with Crippen LogP contribution in [0.4, 0.5) is 0 Å². The molecule has 0 N–H and O–H groups in total. The number of nitrogens with zero attached hydrogens (tertiary/aromatic N) is 3. The molecule has 1 saturated carbocycles. The van der Waals surface area contributed by atoms with Gasteiger partial charge in [0, 0.05) is 17.9 Å². The Morgan fingerprint density at radius 1 is 1.59 bits per heavy atom. The van der Waals surface area contributed by atoms with Crippen molar-refractivity contribution >= 4 is 33.4 Å². The fourth-order valence-electron chi connectivity index (χ4n) is 1.83. The van der Waals surface area contributed by atoms with Crippen LogP contribution in [-0.2, 0) is 6.42 Å². The van der Waals surface area contributed by atoms with Gasteiger partial charge in [0.1, 0.15) is 4.88 Å². The Morgan fingerprint density at radius 3 is 2.94 bits per heavy atom. The first kappa shape index (κ1) is 13.0. The number of carbonyl (C=O) groups is 1. The molecular formula is C11H16BrN3OS. The van der Waals surface area contributed by atoms with Gasteiger partial charge in [0.2, 0.25) is 0 Å². The Bertz CT molecular complexity index is 392. The van der Waals surface area contributed by atoms with Crippen molar-refractivity contribution in [3.63, 3.8) is 0 Å². The van der Waals surface area contributed by atoms with Crippen molar-refractivity contribution in [2.45, 2.75) is 38.6 Å². The maximum Gasteiger partial charge on any atom is 0.267 e. The molecule has 1 fully saturated rings. The van der Waals surface area contributed by atoms with Crippen LogP contribution in [0.3, 0.4) is 0 Å². The molecule has 0 unspecified atom stereocenters. The Hall–Kier alpha value is -0.490. The number of halogens is 1. The van der Waals surface area contributed by atoms with Crippen LogP contribution in [-0.4, -0.2) is 38.3 Å². The molecule has 1 aromatic heterocycles. The van der Waals surface area contributed by atoms with Crippen LogP contribution < -0.4 is 0 Å². The molecule has 94 valence electrons. The van der Waals surface area contributed by atoms with E-state index < -0.39 is 0 Å². The van der Waals surface area contributed by atoms with Gasteiger partial charge in [-0.05, 0) is 30.8 Å². The SMILES string of the molecule is CCCc1nnsc1C(=O)N(CCBr)C1CC1. The summed E-state index contributed by atoms with van der Waals surface area (Å²) in [6, 6.07) is 0.441. The molecule has 0 aromatic carbocycles. The zero-order valence-electron chi connectivity index (χ0n) is 9.86. The first-order chi connectivity index (χ1) is 8.27. The van der Waals surface area contributed by atoms with E-state index in [0.29, 0.717) is 6.04 Å². The largest absolute Gasteiger partial charge is 0.334 e. The molecule has 2 rings (SSSR count). The van der Waals surface area contributed by atoms with Gasteiger partial charge in [-0.1, -0.05) is 33.8 Å². The van der Waals surface area contributed by atoms with E-state index in [1.807, 2.05) is 4.90 Å². The Morgan fingerprint density at radius 2 is 2.35 bits per heavy atom. The molecule has 0 saturated heterocycles.